The molecule has 1 heterocycles. The minimum Gasteiger partial charge on any atom is -0.303 e. The topological polar surface area (TPSA) is 24.9 Å². The second-order valence-electron chi connectivity index (χ2n) is 6.26. The van der Waals surface area contributed by atoms with Crippen LogP contribution in [0.15, 0.2) is 28.1 Å². The summed E-state index contributed by atoms with van der Waals surface area (Å²) >= 11 is 5.37. The van der Waals surface area contributed by atoms with Crippen LogP contribution in [0.25, 0.3) is 0 Å². The molecule has 0 bridgehead atoms. The van der Waals surface area contributed by atoms with Crippen LogP contribution in [0.2, 0.25) is 0 Å². The Kier molecular flexibility index (Phi) is 4.21. The highest BCUT2D eigenvalue weighted by Gasteiger charge is 2.38. The highest BCUT2D eigenvalue weighted by Crippen LogP contribution is 2.39. The molecule has 0 fully saturated rings. The van der Waals surface area contributed by atoms with Gasteiger partial charge in [0.05, 0.1) is 5.54 Å². The van der Waals surface area contributed by atoms with Crippen molar-refractivity contribution in [2.24, 2.45) is 0 Å². The molecule has 3 rings (SSSR count). The summed E-state index contributed by atoms with van der Waals surface area (Å²) in [7, 11) is 0. The fraction of sp³-hybridized carbons (Fsp3) is 0.471. The van der Waals surface area contributed by atoms with E-state index in [9.17, 15) is 0 Å². The van der Waals surface area contributed by atoms with Crippen molar-refractivity contribution in [2.45, 2.75) is 51.6 Å². The standard InChI is InChI=1S/C17H21BrN2S/c1-11(2)20-17(16-19-12(3)10-21-16)7-6-13-8-15(18)5-4-14(13)9-17/h4-5,8,10-11,20H,6-7,9H2,1-3H3. The van der Waals surface area contributed by atoms with Crippen LogP contribution in [0, 0.1) is 6.92 Å². The fourth-order valence-corrected chi connectivity index (χ4v) is 4.65. The Morgan fingerprint density at radius 2 is 2.14 bits per heavy atom. The first-order valence-corrected chi connectivity index (χ1v) is 9.13. The second-order valence-corrected chi connectivity index (χ2v) is 8.04. The number of aryl methyl sites for hydroxylation is 2. The van der Waals surface area contributed by atoms with Crippen molar-refractivity contribution < 1.29 is 0 Å². The lowest BCUT2D eigenvalue weighted by Crippen LogP contribution is -2.49. The maximum Gasteiger partial charge on any atom is 0.113 e. The number of halogens is 1. The molecule has 112 valence electrons. The van der Waals surface area contributed by atoms with E-state index in [1.165, 1.54) is 20.6 Å². The number of rotatable bonds is 3. The number of thiazole rings is 1. The van der Waals surface area contributed by atoms with Crippen LogP contribution in [0.1, 0.15) is 42.1 Å². The van der Waals surface area contributed by atoms with E-state index >= 15 is 0 Å². The summed E-state index contributed by atoms with van der Waals surface area (Å²) < 4.78 is 1.18. The van der Waals surface area contributed by atoms with Crippen molar-refractivity contribution in [1.29, 1.82) is 0 Å². The molecule has 1 aromatic carbocycles. The van der Waals surface area contributed by atoms with Crippen molar-refractivity contribution in [1.82, 2.24) is 10.3 Å². The molecule has 1 aromatic heterocycles. The van der Waals surface area contributed by atoms with E-state index < -0.39 is 0 Å². The monoisotopic (exact) mass is 364 g/mol. The zero-order valence-electron chi connectivity index (χ0n) is 12.7. The minimum absolute atomic E-state index is 0.00603. The Balaban J connectivity index is 2.00. The predicted octanol–water partition coefficient (Wildman–Crippen LogP) is 4.60. The van der Waals surface area contributed by atoms with E-state index in [1.54, 1.807) is 11.3 Å². The van der Waals surface area contributed by atoms with E-state index in [-0.39, 0.29) is 5.54 Å². The van der Waals surface area contributed by atoms with Crippen LogP contribution in [0.5, 0.6) is 0 Å². The molecule has 0 spiro atoms. The van der Waals surface area contributed by atoms with Crippen molar-refractivity contribution in [3.8, 4) is 0 Å². The smallest absolute Gasteiger partial charge is 0.113 e. The summed E-state index contributed by atoms with van der Waals surface area (Å²) in [4.78, 5) is 4.80. The van der Waals surface area contributed by atoms with Gasteiger partial charge in [-0.3, -0.25) is 0 Å². The van der Waals surface area contributed by atoms with Crippen LogP contribution < -0.4 is 5.32 Å². The number of hydrogen-bond acceptors (Lipinski definition) is 3. The van der Waals surface area contributed by atoms with Gasteiger partial charge in [0.25, 0.3) is 0 Å². The molecular formula is C17H21BrN2S. The number of aromatic nitrogens is 1. The van der Waals surface area contributed by atoms with Gasteiger partial charge >= 0.3 is 0 Å². The lowest BCUT2D eigenvalue weighted by Gasteiger charge is -2.39. The third kappa shape index (κ3) is 3.08. The maximum atomic E-state index is 4.80. The van der Waals surface area contributed by atoms with Crippen molar-refractivity contribution >= 4 is 27.3 Å². The highest BCUT2D eigenvalue weighted by molar-refractivity contribution is 9.10. The molecule has 4 heteroatoms. The molecule has 0 saturated carbocycles. The highest BCUT2D eigenvalue weighted by atomic mass is 79.9. The van der Waals surface area contributed by atoms with E-state index in [2.05, 4.69) is 65.6 Å². The molecule has 1 unspecified atom stereocenters. The molecule has 0 saturated heterocycles. The van der Waals surface area contributed by atoms with Gasteiger partial charge in [-0.05, 0) is 63.3 Å². The van der Waals surface area contributed by atoms with E-state index in [4.69, 9.17) is 4.98 Å². The Morgan fingerprint density at radius 3 is 2.81 bits per heavy atom. The summed E-state index contributed by atoms with van der Waals surface area (Å²) in [5.74, 6) is 0. The van der Waals surface area contributed by atoms with Gasteiger partial charge in [0, 0.05) is 21.6 Å². The molecule has 1 atom stereocenters. The lowest BCUT2D eigenvalue weighted by atomic mass is 9.78. The largest absolute Gasteiger partial charge is 0.303 e. The summed E-state index contributed by atoms with van der Waals surface area (Å²) in [5.41, 5.74) is 4.04. The molecule has 0 radical (unpaired) electrons. The van der Waals surface area contributed by atoms with Crippen molar-refractivity contribution in [2.75, 3.05) is 0 Å². The molecular weight excluding hydrogens is 344 g/mol. The average Bonchev–Trinajstić information content (AvgIpc) is 2.86. The van der Waals surface area contributed by atoms with E-state index in [1.807, 2.05) is 0 Å². The van der Waals surface area contributed by atoms with Crippen LogP contribution in [0.3, 0.4) is 0 Å². The van der Waals surface area contributed by atoms with Gasteiger partial charge < -0.3 is 5.32 Å². The van der Waals surface area contributed by atoms with Gasteiger partial charge in [0.2, 0.25) is 0 Å². The summed E-state index contributed by atoms with van der Waals surface area (Å²) in [6.45, 7) is 6.52. The first-order chi connectivity index (χ1) is 9.98. The van der Waals surface area contributed by atoms with Crippen LogP contribution in [0.4, 0.5) is 0 Å². The Bertz CT molecular complexity index is 650. The summed E-state index contributed by atoms with van der Waals surface area (Å²) in [6, 6.07) is 7.13. The van der Waals surface area contributed by atoms with Gasteiger partial charge in [-0.15, -0.1) is 11.3 Å². The van der Waals surface area contributed by atoms with Crippen LogP contribution in [-0.2, 0) is 18.4 Å². The Labute approximate surface area is 139 Å². The molecule has 21 heavy (non-hydrogen) atoms. The average molecular weight is 365 g/mol. The first-order valence-electron chi connectivity index (χ1n) is 7.46. The summed E-state index contributed by atoms with van der Waals surface area (Å²) in [5, 5.41) is 7.22. The van der Waals surface area contributed by atoms with E-state index in [0.29, 0.717) is 6.04 Å². The second kappa shape index (κ2) is 5.82. The SMILES string of the molecule is Cc1csc(C2(NC(C)C)CCc3cc(Br)ccc3C2)n1. The van der Waals surface area contributed by atoms with Crippen LogP contribution in [-0.4, -0.2) is 11.0 Å². The van der Waals surface area contributed by atoms with Gasteiger partial charge in [0.15, 0.2) is 0 Å². The van der Waals surface area contributed by atoms with Crippen LogP contribution >= 0.6 is 27.3 Å². The predicted molar refractivity (Wildman–Crippen MR) is 93.0 cm³/mol. The van der Waals surface area contributed by atoms with Gasteiger partial charge in [-0.1, -0.05) is 22.0 Å². The van der Waals surface area contributed by atoms with Gasteiger partial charge in [-0.2, -0.15) is 0 Å². The number of nitrogens with one attached hydrogen (secondary N) is 1. The molecule has 1 N–H and O–H groups in total. The maximum absolute atomic E-state index is 4.80. The van der Waals surface area contributed by atoms with Gasteiger partial charge in [-0.25, -0.2) is 4.98 Å². The minimum atomic E-state index is -0.00603. The Hall–Kier alpha value is -0.710. The van der Waals surface area contributed by atoms with Gasteiger partial charge in [0.1, 0.15) is 5.01 Å². The number of benzene rings is 1. The zero-order valence-corrected chi connectivity index (χ0v) is 15.1. The molecule has 2 nitrogen and oxygen atoms in total. The summed E-state index contributed by atoms with van der Waals surface area (Å²) in [6.07, 6.45) is 3.25. The van der Waals surface area contributed by atoms with E-state index in [0.717, 1.165) is 25.0 Å². The first kappa shape index (κ1) is 15.2. The molecule has 0 amide bonds. The molecule has 0 aliphatic heterocycles. The zero-order chi connectivity index (χ0) is 15.0. The number of fused-ring (bicyclic) bond motifs is 1. The molecule has 2 aromatic rings. The molecule has 1 aliphatic carbocycles. The number of hydrogen-bond donors (Lipinski definition) is 1. The third-order valence-electron chi connectivity index (χ3n) is 4.08. The fourth-order valence-electron chi connectivity index (χ4n) is 3.26. The number of nitrogens with zero attached hydrogens (tertiary/aromatic N) is 1. The quantitative estimate of drug-likeness (QED) is 0.860. The van der Waals surface area contributed by atoms with Crippen molar-refractivity contribution in [3.63, 3.8) is 0 Å². The third-order valence-corrected chi connectivity index (χ3v) is 5.73. The molecule has 1 aliphatic rings. The Morgan fingerprint density at radius 1 is 1.33 bits per heavy atom. The van der Waals surface area contributed by atoms with Crippen molar-refractivity contribution in [3.05, 3.63) is 49.9 Å². The lowest BCUT2D eigenvalue weighted by molar-refractivity contribution is 0.267. The normalized spacial score (nSPS) is 21.6.